The number of nitrogens with one attached hydrogen (secondary N) is 1. The third-order valence-corrected chi connectivity index (χ3v) is 6.82. The van der Waals surface area contributed by atoms with Gasteiger partial charge in [-0.2, -0.15) is 0 Å². The smallest absolute Gasteiger partial charge is 0.294 e. The van der Waals surface area contributed by atoms with E-state index in [1.807, 2.05) is 60.7 Å². The minimum atomic E-state index is -0.727. The Morgan fingerprint density at radius 3 is 2.50 bits per heavy atom. The average molecular weight is 481 g/mol. The summed E-state index contributed by atoms with van der Waals surface area (Å²) < 4.78 is 16.9. The quantitative estimate of drug-likeness (QED) is 0.380. The van der Waals surface area contributed by atoms with E-state index in [4.69, 9.17) is 13.6 Å². The zero-order valence-corrected chi connectivity index (χ0v) is 19.6. The number of para-hydroxylation sites is 3. The SMILES string of the molecule is COc1ccccc1[C@@H]1C2=C(C[C@H](c3ccco3)CC2=O)Nc2ccccc2N1C(=O)c1ccco1. The molecule has 1 aliphatic heterocycles. The van der Waals surface area contributed by atoms with Crippen LogP contribution in [-0.4, -0.2) is 18.8 Å². The van der Waals surface area contributed by atoms with E-state index in [1.165, 1.54) is 6.26 Å². The average Bonchev–Trinajstić information content (AvgIpc) is 3.61. The van der Waals surface area contributed by atoms with Crippen molar-refractivity contribution >= 4 is 23.1 Å². The number of anilines is 2. The van der Waals surface area contributed by atoms with E-state index in [9.17, 15) is 9.59 Å². The van der Waals surface area contributed by atoms with E-state index in [0.29, 0.717) is 23.4 Å². The van der Waals surface area contributed by atoms with E-state index in [-0.39, 0.29) is 29.8 Å². The highest BCUT2D eigenvalue weighted by Crippen LogP contribution is 2.49. The van der Waals surface area contributed by atoms with Gasteiger partial charge in [0.25, 0.3) is 5.91 Å². The fourth-order valence-electron chi connectivity index (χ4n) is 5.24. The van der Waals surface area contributed by atoms with Crippen molar-refractivity contribution < 1.29 is 23.2 Å². The lowest BCUT2D eigenvalue weighted by Crippen LogP contribution is -2.38. The van der Waals surface area contributed by atoms with Crippen molar-refractivity contribution in [2.24, 2.45) is 0 Å². The number of ether oxygens (including phenoxy) is 1. The van der Waals surface area contributed by atoms with Gasteiger partial charge in [0.05, 0.1) is 37.1 Å². The molecule has 36 heavy (non-hydrogen) atoms. The summed E-state index contributed by atoms with van der Waals surface area (Å²) in [5.41, 5.74) is 3.40. The number of amides is 1. The van der Waals surface area contributed by atoms with Crippen molar-refractivity contribution in [2.45, 2.75) is 24.8 Å². The van der Waals surface area contributed by atoms with Crippen molar-refractivity contribution in [3.63, 3.8) is 0 Å². The molecule has 180 valence electrons. The van der Waals surface area contributed by atoms with E-state index < -0.39 is 6.04 Å². The zero-order chi connectivity index (χ0) is 24.6. The maximum atomic E-state index is 14.0. The number of furan rings is 2. The second-order valence-electron chi connectivity index (χ2n) is 8.88. The van der Waals surface area contributed by atoms with Crippen molar-refractivity contribution in [3.8, 4) is 5.75 Å². The van der Waals surface area contributed by atoms with E-state index in [2.05, 4.69) is 5.32 Å². The summed E-state index contributed by atoms with van der Waals surface area (Å²) in [6, 6.07) is 21.4. The molecule has 1 aliphatic carbocycles. The van der Waals surface area contributed by atoms with Crippen LogP contribution in [0.2, 0.25) is 0 Å². The monoisotopic (exact) mass is 480 g/mol. The summed E-state index contributed by atoms with van der Waals surface area (Å²) in [4.78, 5) is 29.6. The molecule has 6 rings (SSSR count). The highest BCUT2D eigenvalue weighted by molar-refractivity contribution is 6.11. The number of Topliss-reactive ketones (excluding diaryl/α,β-unsaturated/α-hetero) is 1. The van der Waals surface area contributed by atoms with Gasteiger partial charge in [-0.15, -0.1) is 0 Å². The lowest BCUT2D eigenvalue weighted by molar-refractivity contribution is -0.116. The minimum absolute atomic E-state index is 0.0499. The number of carbonyl (C=O) groups is 2. The highest BCUT2D eigenvalue weighted by Gasteiger charge is 2.43. The Hall–Kier alpha value is -4.52. The van der Waals surface area contributed by atoms with Gasteiger partial charge in [-0.1, -0.05) is 30.3 Å². The third kappa shape index (κ3) is 3.60. The maximum absolute atomic E-state index is 14.0. The molecule has 7 nitrogen and oxygen atoms in total. The van der Waals surface area contributed by atoms with Crippen LogP contribution in [0.3, 0.4) is 0 Å². The van der Waals surface area contributed by atoms with E-state index >= 15 is 0 Å². The third-order valence-electron chi connectivity index (χ3n) is 6.82. The van der Waals surface area contributed by atoms with Crippen molar-refractivity contribution in [1.82, 2.24) is 0 Å². The van der Waals surface area contributed by atoms with Crippen molar-refractivity contribution in [2.75, 3.05) is 17.3 Å². The Kier molecular flexibility index (Phi) is 5.45. The summed E-state index contributed by atoms with van der Waals surface area (Å²) in [6.07, 6.45) is 3.94. The number of hydrogen-bond acceptors (Lipinski definition) is 6. The van der Waals surface area contributed by atoms with E-state index in [0.717, 1.165) is 22.7 Å². The second-order valence-corrected chi connectivity index (χ2v) is 8.88. The summed E-state index contributed by atoms with van der Waals surface area (Å²) >= 11 is 0. The number of fused-ring (bicyclic) bond motifs is 1. The van der Waals surface area contributed by atoms with Gasteiger partial charge >= 0.3 is 0 Å². The molecule has 0 spiro atoms. The van der Waals surface area contributed by atoms with Crippen LogP contribution in [0.5, 0.6) is 5.75 Å². The molecule has 2 atom stereocenters. The molecule has 2 aromatic carbocycles. The molecule has 0 saturated carbocycles. The summed E-state index contributed by atoms with van der Waals surface area (Å²) in [6.45, 7) is 0. The first-order chi connectivity index (χ1) is 17.7. The van der Waals surface area contributed by atoms with Crippen LogP contribution in [0.15, 0.2) is 105 Å². The van der Waals surface area contributed by atoms with Gasteiger partial charge in [-0.05, 0) is 48.9 Å². The summed E-state index contributed by atoms with van der Waals surface area (Å²) in [5, 5.41) is 3.50. The standard InChI is InChI=1S/C29H24N2O5/c1-34-25-11-5-2-8-19(25)28-27-21(16-18(17-23(27)32)24-12-6-14-35-24)30-20-9-3-4-10-22(20)31(28)29(33)26-13-7-15-36-26/h2-15,18,28,30H,16-17H2,1H3/t18-,28+/m0/s1. The lowest BCUT2D eigenvalue weighted by Gasteiger charge is -2.35. The summed E-state index contributed by atoms with van der Waals surface area (Å²) in [5.74, 6) is 1.05. The predicted molar refractivity (Wildman–Crippen MR) is 134 cm³/mol. The number of allylic oxidation sites excluding steroid dienone is 1. The van der Waals surface area contributed by atoms with Crippen LogP contribution in [-0.2, 0) is 4.79 Å². The number of benzene rings is 2. The summed E-state index contributed by atoms with van der Waals surface area (Å²) in [7, 11) is 1.59. The number of rotatable bonds is 4. The Balaban J connectivity index is 1.60. The molecule has 0 fully saturated rings. The van der Waals surface area contributed by atoms with E-state index in [1.54, 1.807) is 30.4 Å². The minimum Gasteiger partial charge on any atom is -0.496 e. The lowest BCUT2D eigenvalue weighted by atomic mass is 9.79. The first-order valence-electron chi connectivity index (χ1n) is 11.8. The first kappa shape index (κ1) is 22.0. The first-order valence-corrected chi connectivity index (χ1v) is 11.8. The van der Waals surface area contributed by atoms with Crippen molar-refractivity contribution in [1.29, 1.82) is 0 Å². The number of carbonyl (C=O) groups excluding carboxylic acids is 2. The maximum Gasteiger partial charge on any atom is 0.294 e. The number of hydrogen-bond donors (Lipinski definition) is 1. The van der Waals surface area contributed by atoms with Gasteiger partial charge in [-0.3, -0.25) is 14.5 Å². The molecular weight excluding hydrogens is 456 g/mol. The molecule has 7 heteroatoms. The fourth-order valence-corrected chi connectivity index (χ4v) is 5.24. The van der Waals surface area contributed by atoms with Crippen LogP contribution < -0.4 is 15.0 Å². The van der Waals surface area contributed by atoms with Crippen LogP contribution >= 0.6 is 0 Å². The highest BCUT2D eigenvalue weighted by atomic mass is 16.5. The molecule has 0 saturated heterocycles. The zero-order valence-electron chi connectivity index (χ0n) is 19.6. The van der Waals surface area contributed by atoms with Crippen LogP contribution in [0.25, 0.3) is 0 Å². The Morgan fingerprint density at radius 2 is 1.72 bits per heavy atom. The topological polar surface area (TPSA) is 84.9 Å². The van der Waals surface area contributed by atoms with Gasteiger partial charge in [-0.25, -0.2) is 0 Å². The van der Waals surface area contributed by atoms with Gasteiger partial charge < -0.3 is 18.9 Å². The van der Waals surface area contributed by atoms with Gasteiger partial charge in [0.15, 0.2) is 11.5 Å². The molecule has 4 aromatic rings. The normalized spacial score (nSPS) is 19.2. The van der Waals surface area contributed by atoms with Crippen LogP contribution in [0.1, 0.15) is 46.7 Å². The largest absolute Gasteiger partial charge is 0.496 e. The molecule has 2 aliphatic rings. The number of nitrogens with zero attached hydrogens (tertiary/aromatic N) is 1. The molecule has 1 N–H and O–H groups in total. The van der Waals surface area contributed by atoms with Crippen LogP contribution in [0.4, 0.5) is 11.4 Å². The Labute approximate surface area is 208 Å². The molecule has 0 unspecified atom stereocenters. The molecule has 1 amide bonds. The molecule has 3 heterocycles. The predicted octanol–water partition coefficient (Wildman–Crippen LogP) is 6.10. The fraction of sp³-hybridized carbons (Fsp3) is 0.172. The molecule has 2 aromatic heterocycles. The number of methoxy groups -OCH3 is 1. The molecular formula is C29H24N2O5. The van der Waals surface area contributed by atoms with Gasteiger partial charge in [0.1, 0.15) is 11.5 Å². The van der Waals surface area contributed by atoms with Crippen molar-refractivity contribution in [3.05, 3.63) is 114 Å². The number of ketones is 1. The molecule has 0 bridgehead atoms. The Morgan fingerprint density at radius 1 is 0.944 bits per heavy atom. The van der Waals surface area contributed by atoms with Gasteiger partial charge in [0, 0.05) is 29.2 Å². The van der Waals surface area contributed by atoms with Crippen LogP contribution in [0, 0.1) is 0 Å². The van der Waals surface area contributed by atoms with Gasteiger partial charge in [0.2, 0.25) is 0 Å². The molecule has 0 radical (unpaired) electrons. The second kappa shape index (κ2) is 8.92. The Bertz CT molecular complexity index is 1450.